The zero-order chi connectivity index (χ0) is 22.0. The number of carbonyl (C=O) groups is 1. The molecule has 4 rings (SSSR count). The molecule has 0 bridgehead atoms. The lowest BCUT2D eigenvalue weighted by Gasteiger charge is -2.21. The molecule has 0 atom stereocenters. The highest BCUT2D eigenvalue weighted by atomic mass is 32.2. The maximum absolute atomic E-state index is 13.1. The number of benzene rings is 2. The standard InChI is InChI=1S/C23H20FN3O2S2/c1-14-5-4-6-20(15(14)2)27(16(3)28)22-26-19(12-30-22)13-31-23-25-11-21(29-23)17-7-9-18(24)10-8-17/h4-12H,13H2,1-3H3. The van der Waals surface area contributed by atoms with Crippen LogP contribution < -0.4 is 4.90 Å². The molecule has 1 amide bonds. The van der Waals surface area contributed by atoms with Crippen molar-refractivity contribution in [3.63, 3.8) is 0 Å². The van der Waals surface area contributed by atoms with Gasteiger partial charge in [0.15, 0.2) is 10.9 Å². The molecule has 5 nitrogen and oxygen atoms in total. The quantitative estimate of drug-likeness (QED) is 0.311. The van der Waals surface area contributed by atoms with E-state index in [1.165, 1.54) is 35.2 Å². The number of amides is 1. The van der Waals surface area contributed by atoms with Gasteiger partial charge < -0.3 is 4.42 Å². The van der Waals surface area contributed by atoms with E-state index >= 15 is 0 Å². The minimum atomic E-state index is -0.294. The topological polar surface area (TPSA) is 59.2 Å². The number of halogens is 1. The number of nitrogens with zero attached hydrogens (tertiary/aromatic N) is 3. The Morgan fingerprint density at radius 2 is 1.97 bits per heavy atom. The number of oxazole rings is 1. The fourth-order valence-corrected chi connectivity index (χ4v) is 4.74. The highest BCUT2D eigenvalue weighted by molar-refractivity contribution is 7.98. The number of thioether (sulfide) groups is 1. The number of aryl methyl sites for hydroxylation is 1. The predicted molar refractivity (Wildman–Crippen MR) is 122 cm³/mol. The van der Waals surface area contributed by atoms with Gasteiger partial charge in [-0.25, -0.2) is 14.4 Å². The molecule has 0 N–H and O–H groups in total. The van der Waals surface area contributed by atoms with Crippen LogP contribution in [-0.4, -0.2) is 15.9 Å². The van der Waals surface area contributed by atoms with Gasteiger partial charge in [0, 0.05) is 23.6 Å². The summed E-state index contributed by atoms with van der Waals surface area (Å²) in [5.41, 5.74) is 4.62. The van der Waals surface area contributed by atoms with Gasteiger partial charge in [0.25, 0.3) is 5.22 Å². The van der Waals surface area contributed by atoms with Crippen LogP contribution in [-0.2, 0) is 10.5 Å². The second-order valence-corrected chi connectivity index (χ2v) is 8.74. The molecule has 0 radical (unpaired) electrons. The maximum atomic E-state index is 13.1. The second-order valence-electron chi connectivity index (χ2n) is 6.98. The van der Waals surface area contributed by atoms with Crippen molar-refractivity contribution in [1.82, 2.24) is 9.97 Å². The van der Waals surface area contributed by atoms with Crippen molar-refractivity contribution in [3.05, 3.63) is 76.7 Å². The predicted octanol–water partition coefficient (Wildman–Crippen LogP) is 6.53. The van der Waals surface area contributed by atoms with Crippen LogP contribution in [0.5, 0.6) is 0 Å². The third-order valence-corrected chi connectivity index (χ3v) is 6.57. The lowest BCUT2D eigenvalue weighted by molar-refractivity contribution is -0.115. The molecule has 158 valence electrons. The summed E-state index contributed by atoms with van der Waals surface area (Å²) in [4.78, 5) is 23.0. The molecule has 0 aliphatic rings. The molecule has 0 aliphatic heterocycles. The third-order valence-electron chi connectivity index (χ3n) is 4.82. The van der Waals surface area contributed by atoms with Crippen molar-refractivity contribution in [1.29, 1.82) is 0 Å². The molecule has 0 spiro atoms. The fraction of sp³-hybridized carbons (Fsp3) is 0.174. The van der Waals surface area contributed by atoms with E-state index < -0.39 is 0 Å². The van der Waals surface area contributed by atoms with Crippen molar-refractivity contribution >= 4 is 39.8 Å². The molecule has 4 aromatic rings. The van der Waals surface area contributed by atoms with Gasteiger partial charge in [0.2, 0.25) is 5.91 Å². The average Bonchev–Trinajstić information content (AvgIpc) is 3.40. The summed E-state index contributed by atoms with van der Waals surface area (Å²) in [5, 5.41) is 3.08. The van der Waals surface area contributed by atoms with E-state index in [1.807, 2.05) is 37.4 Å². The van der Waals surface area contributed by atoms with Crippen molar-refractivity contribution < 1.29 is 13.6 Å². The Bertz CT molecular complexity index is 1220. The van der Waals surface area contributed by atoms with E-state index in [-0.39, 0.29) is 11.7 Å². The molecule has 2 heterocycles. The van der Waals surface area contributed by atoms with E-state index in [0.29, 0.717) is 21.9 Å². The summed E-state index contributed by atoms with van der Waals surface area (Å²) in [6.07, 6.45) is 1.63. The van der Waals surface area contributed by atoms with E-state index in [0.717, 1.165) is 28.1 Å². The molecule has 8 heteroatoms. The van der Waals surface area contributed by atoms with Crippen LogP contribution in [0.15, 0.2) is 63.7 Å². The molecule has 0 unspecified atom stereocenters. The van der Waals surface area contributed by atoms with Gasteiger partial charge in [0.1, 0.15) is 5.82 Å². The average molecular weight is 454 g/mol. The zero-order valence-corrected chi connectivity index (χ0v) is 18.9. The Balaban J connectivity index is 1.48. The number of anilines is 2. The van der Waals surface area contributed by atoms with Crippen LogP contribution >= 0.6 is 23.1 Å². The van der Waals surface area contributed by atoms with Crippen LogP contribution in [0.4, 0.5) is 15.2 Å². The minimum Gasteiger partial charge on any atom is -0.431 e. The van der Waals surface area contributed by atoms with Gasteiger partial charge >= 0.3 is 0 Å². The first-order chi connectivity index (χ1) is 14.9. The van der Waals surface area contributed by atoms with E-state index in [9.17, 15) is 9.18 Å². The molecule has 0 fully saturated rings. The van der Waals surface area contributed by atoms with Crippen LogP contribution in [0.3, 0.4) is 0 Å². The largest absolute Gasteiger partial charge is 0.431 e. The molecule has 2 aromatic heterocycles. The first-order valence-electron chi connectivity index (χ1n) is 9.58. The Hall–Kier alpha value is -2.97. The van der Waals surface area contributed by atoms with Gasteiger partial charge in [0.05, 0.1) is 17.6 Å². The Labute approximate surface area is 188 Å². The second kappa shape index (κ2) is 9.03. The number of hydrogen-bond donors (Lipinski definition) is 0. The number of rotatable bonds is 6. The fourth-order valence-electron chi connectivity index (χ4n) is 3.06. The molecule has 31 heavy (non-hydrogen) atoms. The molecule has 0 aliphatic carbocycles. The summed E-state index contributed by atoms with van der Waals surface area (Å²) >= 11 is 2.84. The first kappa shape index (κ1) is 21.3. The van der Waals surface area contributed by atoms with Crippen molar-refractivity contribution in [2.45, 2.75) is 31.7 Å². The lowest BCUT2D eigenvalue weighted by Crippen LogP contribution is -2.23. The van der Waals surface area contributed by atoms with Crippen molar-refractivity contribution in [3.8, 4) is 11.3 Å². The smallest absolute Gasteiger partial charge is 0.256 e. The zero-order valence-electron chi connectivity index (χ0n) is 17.3. The highest BCUT2D eigenvalue weighted by Crippen LogP contribution is 2.34. The van der Waals surface area contributed by atoms with Gasteiger partial charge in [-0.15, -0.1) is 11.3 Å². The molecule has 2 aromatic carbocycles. The van der Waals surface area contributed by atoms with Crippen LogP contribution in [0.2, 0.25) is 0 Å². The Kier molecular flexibility index (Phi) is 6.20. The first-order valence-corrected chi connectivity index (χ1v) is 11.4. The van der Waals surface area contributed by atoms with Crippen LogP contribution in [0.25, 0.3) is 11.3 Å². The summed E-state index contributed by atoms with van der Waals surface area (Å²) in [5.74, 6) is 0.758. The normalized spacial score (nSPS) is 11.0. The number of aromatic nitrogens is 2. The van der Waals surface area contributed by atoms with Crippen LogP contribution in [0, 0.1) is 19.7 Å². The van der Waals surface area contributed by atoms with E-state index in [1.54, 1.807) is 30.2 Å². The molecular formula is C23H20FN3O2S2. The molecular weight excluding hydrogens is 433 g/mol. The Morgan fingerprint density at radius 1 is 1.19 bits per heavy atom. The van der Waals surface area contributed by atoms with Gasteiger partial charge in [-0.1, -0.05) is 23.9 Å². The summed E-state index contributed by atoms with van der Waals surface area (Å²) in [6.45, 7) is 5.57. The molecule has 0 saturated heterocycles. The summed E-state index contributed by atoms with van der Waals surface area (Å²) < 4.78 is 18.9. The molecule has 0 saturated carbocycles. The SMILES string of the molecule is CC(=O)N(c1nc(CSc2ncc(-c3ccc(F)cc3)o2)cs1)c1cccc(C)c1C. The van der Waals surface area contributed by atoms with Crippen molar-refractivity contribution in [2.24, 2.45) is 0 Å². The maximum Gasteiger partial charge on any atom is 0.256 e. The van der Waals surface area contributed by atoms with Gasteiger partial charge in [-0.3, -0.25) is 9.69 Å². The number of hydrogen-bond acceptors (Lipinski definition) is 6. The van der Waals surface area contributed by atoms with E-state index in [2.05, 4.69) is 9.97 Å². The number of thiazole rings is 1. The van der Waals surface area contributed by atoms with Gasteiger partial charge in [-0.05, 0) is 55.3 Å². The third kappa shape index (κ3) is 4.70. The highest BCUT2D eigenvalue weighted by Gasteiger charge is 2.20. The summed E-state index contributed by atoms with van der Waals surface area (Å²) in [7, 11) is 0. The lowest BCUT2D eigenvalue weighted by atomic mass is 10.1. The monoisotopic (exact) mass is 453 g/mol. The number of carbonyl (C=O) groups excluding carboxylic acids is 1. The van der Waals surface area contributed by atoms with Gasteiger partial charge in [-0.2, -0.15) is 0 Å². The van der Waals surface area contributed by atoms with E-state index in [4.69, 9.17) is 4.42 Å². The summed E-state index contributed by atoms with van der Waals surface area (Å²) in [6, 6.07) is 12.0. The Morgan fingerprint density at radius 3 is 2.71 bits per heavy atom. The van der Waals surface area contributed by atoms with Crippen LogP contribution in [0.1, 0.15) is 23.7 Å². The van der Waals surface area contributed by atoms with Crippen molar-refractivity contribution in [2.75, 3.05) is 4.90 Å². The minimum absolute atomic E-state index is 0.0844.